The molecule has 19 heavy (non-hydrogen) atoms. The molecule has 0 bridgehead atoms. The zero-order valence-corrected chi connectivity index (χ0v) is 14.0. The Labute approximate surface area is 123 Å². The molecule has 2 aromatic heterocycles. The predicted octanol–water partition coefficient (Wildman–Crippen LogP) is 4.00. The fourth-order valence-corrected chi connectivity index (χ4v) is 3.11. The molecule has 3 nitrogen and oxygen atoms in total. The van der Waals surface area contributed by atoms with E-state index >= 15 is 0 Å². The van der Waals surface area contributed by atoms with Crippen LogP contribution in [-0.2, 0) is 19.5 Å². The topological polar surface area (TPSA) is 22.8 Å². The van der Waals surface area contributed by atoms with E-state index in [0.29, 0.717) is 0 Å². The zero-order valence-electron chi connectivity index (χ0n) is 12.4. The lowest BCUT2D eigenvalue weighted by atomic mass is 10.2. The fraction of sp³-hybridized carbons (Fsp3) is 0.533. The van der Waals surface area contributed by atoms with Crippen LogP contribution in [0.4, 0.5) is 0 Å². The van der Waals surface area contributed by atoms with E-state index < -0.39 is 0 Å². The van der Waals surface area contributed by atoms with Gasteiger partial charge < -0.3 is 4.57 Å². The second-order valence-electron chi connectivity index (χ2n) is 5.03. The molecule has 2 heterocycles. The van der Waals surface area contributed by atoms with Gasteiger partial charge in [-0.05, 0) is 61.2 Å². The first-order chi connectivity index (χ1) is 8.99. The number of halogens is 1. The first kappa shape index (κ1) is 14.4. The largest absolute Gasteiger partial charge is 0.345 e. The van der Waals surface area contributed by atoms with Crippen LogP contribution in [0, 0.1) is 20.8 Å². The van der Waals surface area contributed by atoms with Crippen molar-refractivity contribution in [3.05, 3.63) is 38.9 Å². The van der Waals surface area contributed by atoms with E-state index in [4.69, 9.17) is 0 Å². The third-order valence-corrected chi connectivity index (χ3v) is 4.84. The van der Waals surface area contributed by atoms with Gasteiger partial charge in [-0.3, -0.25) is 4.68 Å². The van der Waals surface area contributed by atoms with E-state index in [2.05, 4.69) is 71.1 Å². The third-order valence-electron chi connectivity index (χ3n) is 3.93. The van der Waals surface area contributed by atoms with Crippen molar-refractivity contribution in [2.75, 3.05) is 0 Å². The van der Waals surface area contributed by atoms with Gasteiger partial charge in [0.25, 0.3) is 0 Å². The van der Waals surface area contributed by atoms with Crippen LogP contribution in [0.5, 0.6) is 0 Å². The molecule has 2 rings (SSSR count). The van der Waals surface area contributed by atoms with Crippen molar-refractivity contribution in [2.24, 2.45) is 0 Å². The summed E-state index contributed by atoms with van der Waals surface area (Å²) in [7, 11) is 0. The highest BCUT2D eigenvalue weighted by molar-refractivity contribution is 9.10. The lowest BCUT2D eigenvalue weighted by Gasteiger charge is -2.09. The highest BCUT2D eigenvalue weighted by atomic mass is 79.9. The number of rotatable bonds is 4. The Bertz CT molecular complexity index is 593. The molecule has 0 aliphatic carbocycles. The summed E-state index contributed by atoms with van der Waals surface area (Å²) in [5.74, 6) is 0. The summed E-state index contributed by atoms with van der Waals surface area (Å²) in [6.07, 6.45) is 3.19. The van der Waals surface area contributed by atoms with Crippen LogP contribution in [0.2, 0.25) is 0 Å². The van der Waals surface area contributed by atoms with Gasteiger partial charge in [0.1, 0.15) is 0 Å². The molecular formula is C15H22BrN3. The van der Waals surface area contributed by atoms with Crippen LogP contribution in [-0.4, -0.2) is 14.3 Å². The van der Waals surface area contributed by atoms with Gasteiger partial charge >= 0.3 is 0 Å². The molecule has 0 aromatic carbocycles. The molecule has 0 aliphatic heterocycles. The maximum absolute atomic E-state index is 4.66. The molecular weight excluding hydrogens is 302 g/mol. The van der Waals surface area contributed by atoms with Crippen LogP contribution in [0.25, 0.3) is 0 Å². The van der Waals surface area contributed by atoms with E-state index in [-0.39, 0.29) is 0 Å². The zero-order chi connectivity index (χ0) is 14.2. The molecule has 104 valence electrons. The molecule has 0 aliphatic rings. The second-order valence-corrected chi connectivity index (χ2v) is 5.82. The Morgan fingerprint density at radius 3 is 2.37 bits per heavy atom. The number of nitrogens with zero attached hydrogens (tertiary/aromatic N) is 3. The van der Waals surface area contributed by atoms with Gasteiger partial charge in [-0.15, -0.1) is 0 Å². The van der Waals surface area contributed by atoms with Crippen molar-refractivity contribution in [1.29, 1.82) is 0 Å². The summed E-state index contributed by atoms with van der Waals surface area (Å²) in [6, 6.07) is 0. The van der Waals surface area contributed by atoms with Crippen molar-refractivity contribution >= 4 is 15.9 Å². The average molecular weight is 324 g/mol. The molecule has 4 heteroatoms. The minimum absolute atomic E-state index is 0.877. The lowest BCUT2D eigenvalue weighted by molar-refractivity contribution is 0.591. The predicted molar refractivity (Wildman–Crippen MR) is 82.7 cm³/mol. The number of aryl methyl sites for hydroxylation is 3. The van der Waals surface area contributed by atoms with Crippen molar-refractivity contribution in [3.8, 4) is 0 Å². The number of aromatic nitrogens is 3. The Kier molecular flexibility index (Phi) is 4.19. The average Bonchev–Trinajstić information content (AvgIpc) is 2.83. The molecule has 0 fully saturated rings. The van der Waals surface area contributed by atoms with Crippen LogP contribution in [0.1, 0.15) is 42.1 Å². The summed E-state index contributed by atoms with van der Waals surface area (Å²) in [4.78, 5) is 0. The molecule has 0 radical (unpaired) electrons. The third kappa shape index (κ3) is 2.50. The van der Waals surface area contributed by atoms with E-state index in [9.17, 15) is 0 Å². The van der Waals surface area contributed by atoms with Crippen molar-refractivity contribution in [2.45, 2.75) is 54.1 Å². The van der Waals surface area contributed by atoms with E-state index in [1.807, 2.05) is 0 Å². The van der Waals surface area contributed by atoms with Gasteiger partial charge in [0.05, 0.1) is 22.4 Å². The summed E-state index contributed by atoms with van der Waals surface area (Å²) >= 11 is 3.71. The maximum atomic E-state index is 4.66. The number of hydrogen-bond donors (Lipinski definition) is 0. The molecule has 0 saturated carbocycles. The summed E-state index contributed by atoms with van der Waals surface area (Å²) in [5.41, 5.74) is 6.49. The highest BCUT2D eigenvalue weighted by Crippen LogP contribution is 2.25. The highest BCUT2D eigenvalue weighted by Gasteiger charge is 2.15. The smallest absolute Gasteiger partial charge is 0.0767 e. The van der Waals surface area contributed by atoms with Crippen LogP contribution in [0.15, 0.2) is 10.7 Å². The van der Waals surface area contributed by atoms with Crippen molar-refractivity contribution in [3.63, 3.8) is 0 Å². The van der Waals surface area contributed by atoms with Gasteiger partial charge in [-0.25, -0.2) is 0 Å². The van der Waals surface area contributed by atoms with E-state index in [1.54, 1.807) is 0 Å². The van der Waals surface area contributed by atoms with Gasteiger partial charge in [0, 0.05) is 18.4 Å². The minimum Gasteiger partial charge on any atom is -0.345 e. The molecule has 0 atom stereocenters. The van der Waals surface area contributed by atoms with E-state index in [1.165, 1.54) is 27.0 Å². The van der Waals surface area contributed by atoms with Gasteiger partial charge in [0.15, 0.2) is 0 Å². The Balaban J connectivity index is 2.42. The van der Waals surface area contributed by atoms with Crippen molar-refractivity contribution < 1.29 is 0 Å². The lowest BCUT2D eigenvalue weighted by Crippen LogP contribution is -2.09. The van der Waals surface area contributed by atoms with Crippen molar-refractivity contribution in [1.82, 2.24) is 14.3 Å². The quantitative estimate of drug-likeness (QED) is 0.833. The molecule has 0 spiro atoms. The molecule has 0 amide bonds. The molecule has 0 unspecified atom stereocenters. The van der Waals surface area contributed by atoms with Crippen LogP contribution < -0.4 is 0 Å². The summed E-state index contributed by atoms with van der Waals surface area (Å²) in [5, 5.41) is 4.66. The standard InChI is InChI=1S/C15H22BrN3/c1-6-13-15(16)14(19(7-2)17-13)9-18-8-10(3)11(4)12(18)5/h8H,6-7,9H2,1-5H3. The first-order valence-electron chi connectivity index (χ1n) is 6.86. The number of hydrogen-bond acceptors (Lipinski definition) is 1. The fourth-order valence-electron chi connectivity index (χ4n) is 2.42. The van der Waals surface area contributed by atoms with Crippen LogP contribution in [0.3, 0.4) is 0 Å². The van der Waals surface area contributed by atoms with Gasteiger partial charge in [0.2, 0.25) is 0 Å². The Morgan fingerprint density at radius 1 is 1.21 bits per heavy atom. The first-order valence-corrected chi connectivity index (χ1v) is 7.65. The monoisotopic (exact) mass is 323 g/mol. The Morgan fingerprint density at radius 2 is 1.89 bits per heavy atom. The molecule has 2 aromatic rings. The molecule has 0 N–H and O–H groups in total. The SMILES string of the molecule is CCc1nn(CC)c(Cn2cc(C)c(C)c2C)c1Br. The Hall–Kier alpha value is -1.03. The minimum atomic E-state index is 0.877. The summed E-state index contributed by atoms with van der Waals surface area (Å²) in [6.45, 7) is 12.6. The summed E-state index contributed by atoms with van der Waals surface area (Å²) < 4.78 is 5.59. The van der Waals surface area contributed by atoms with Crippen LogP contribution >= 0.6 is 15.9 Å². The maximum Gasteiger partial charge on any atom is 0.0767 e. The van der Waals surface area contributed by atoms with E-state index in [0.717, 1.165) is 25.2 Å². The second kappa shape index (κ2) is 5.53. The van der Waals surface area contributed by atoms with Gasteiger partial charge in [-0.1, -0.05) is 6.92 Å². The van der Waals surface area contributed by atoms with Gasteiger partial charge in [-0.2, -0.15) is 5.10 Å². The normalized spacial score (nSPS) is 11.3. The molecule has 0 saturated heterocycles.